The lowest BCUT2D eigenvalue weighted by molar-refractivity contribution is -0.116. The van der Waals surface area contributed by atoms with Crippen molar-refractivity contribution in [3.05, 3.63) is 40.2 Å². The maximum absolute atomic E-state index is 12.5. The van der Waals surface area contributed by atoms with E-state index in [-0.39, 0.29) is 17.7 Å². The van der Waals surface area contributed by atoms with Crippen molar-refractivity contribution in [2.45, 2.75) is 52.0 Å². The van der Waals surface area contributed by atoms with Gasteiger partial charge in [0.2, 0.25) is 5.88 Å². The first-order chi connectivity index (χ1) is 11.0. The molecule has 0 saturated carbocycles. The number of allylic oxidation sites excluding steroid dienone is 3. The molecule has 23 heavy (non-hydrogen) atoms. The summed E-state index contributed by atoms with van der Waals surface area (Å²) in [7, 11) is 0. The molecule has 0 saturated heterocycles. The van der Waals surface area contributed by atoms with Crippen LogP contribution in [0.25, 0.3) is 0 Å². The normalized spacial score (nSPS) is 21.3. The number of aromatic nitrogens is 2. The summed E-state index contributed by atoms with van der Waals surface area (Å²) in [5.74, 6) is 0.277. The summed E-state index contributed by atoms with van der Waals surface area (Å²) in [5.41, 5.74) is 8.62. The second-order valence-electron chi connectivity index (χ2n) is 6.26. The summed E-state index contributed by atoms with van der Waals surface area (Å²) in [6.45, 7) is 6.04. The molecule has 1 aromatic rings. The molecule has 0 spiro atoms. The number of hydrogen-bond acceptors (Lipinski definition) is 5. The second kappa shape index (κ2) is 5.58. The van der Waals surface area contributed by atoms with Gasteiger partial charge in [-0.3, -0.25) is 9.48 Å². The highest BCUT2D eigenvalue weighted by Crippen LogP contribution is 2.44. The van der Waals surface area contributed by atoms with Gasteiger partial charge in [-0.1, -0.05) is 0 Å². The number of hydrogen-bond donors (Lipinski definition) is 1. The van der Waals surface area contributed by atoms with E-state index in [2.05, 4.69) is 11.2 Å². The van der Waals surface area contributed by atoms with Crippen LogP contribution in [0.4, 0.5) is 0 Å². The molecule has 2 aliphatic rings. The molecule has 1 aromatic heterocycles. The third-order valence-electron chi connectivity index (χ3n) is 4.49. The van der Waals surface area contributed by atoms with Gasteiger partial charge in [-0.2, -0.15) is 10.4 Å². The predicted octanol–water partition coefficient (Wildman–Crippen LogP) is 2.59. The van der Waals surface area contributed by atoms with Crippen molar-refractivity contribution < 1.29 is 9.53 Å². The molecule has 0 amide bonds. The lowest BCUT2D eigenvalue weighted by Crippen LogP contribution is -2.27. The topological polar surface area (TPSA) is 93.9 Å². The van der Waals surface area contributed by atoms with Crippen LogP contribution in [0.1, 0.15) is 56.3 Å². The van der Waals surface area contributed by atoms with Gasteiger partial charge in [0.15, 0.2) is 5.78 Å². The van der Waals surface area contributed by atoms with Crippen LogP contribution in [0.5, 0.6) is 0 Å². The van der Waals surface area contributed by atoms with Gasteiger partial charge in [0.05, 0.1) is 12.1 Å². The zero-order valence-corrected chi connectivity index (χ0v) is 13.6. The summed E-state index contributed by atoms with van der Waals surface area (Å²) in [6, 6.07) is 2.33. The van der Waals surface area contributed by atoms with Crippen LogP contribution in [0, 0.1) is 18.3 Å². The minimum atomic E-state index is -0.468. The molecule has 0 unspecified atom stereocenters. The summed E-state index contributed by atoms with van der Waals surface area (Å²) >= 11 is 0. The molecule has 1 aliphatic carbocycles. The summed E-state index contributed by atoms with van der Waals surface area (Å²) in [6.07, 6.45) is 3.65. The Bertz CT molecular complexity index is 777. The monoisotopic (exact) mass is 312 g/mol. The maximum Gasteiger partial charge on any atom is 0.205 e. The molecule has 6 heteroatoms. The van der Waals surface area contributed by atoms with Crippen LogP contribution in [-0.2, 0) is 9.53 Å². The highest BCUT2D eigenvalue weighted by atomic mass is 16.5. The quantitative estimate of drug-likeness (QED) is 0.905. The van der Waals surface area contributed by atoms with Gasteiger partial charge in [0.25, 0.3) is 0 Å². The molecule has 2 heterocycles. The van der Waals surface area contributed by atoms with Crippen molar-refractivity contribution in [1.82, 2.24) is 9.78 Å². The van der Waals surface area contributed by atoms with Crippen molar-refractivity contribution in [2.24, 2.45) is 5.73 Å². The van der Waals surface area contributed by atoms with Gasteiger partial charge >= 0.3 is 0 Å². The Morgan fingerprint density at radius 2 is 2.22 bits per heavy atom. The number of carbonyl (C=O) groups excluding carboxylic acids is 1. The van der Waals surface area contributed by atoms with E-state index in [9.17, 15) is 10.1 Å². The maximum atomic E-state index is 12.5. The van der Waals surface area contributed by atoms with E-state index in [1.54, 1.807) is 6.20 Å². The number of ether oxygens (including phenoxy) is 1. The standard InChI is InChI=1S/C17H20N4O2/c1-9(2)21-10(3)12(8-20-21)15-11(7-18)17(19)23-14-6-4-5-13(22)16(14)15/h8-9,15H,4-6,19H2,1-3H3/t15-/m1/s1. The third kappa shape index (κ3) is 2.33. The average molecular weight is 312 g/mol. The first-order valence-electron chi connectivity index (χ1n) is 7.83. The van der Waals surface area contributed by atoms with E-state index in [0.29, 0.717) is 29.7 Å². The van der Waals surface area contributed by atoms with Gasteiger partial charge in [0, 0.05) is 35.7 Å². The molecule has 0 fully saturated rings. The third-order valence-corrected chi connectivity index (χ3v) is 4.49. The first kappa shape index (κ1) is 15.3. The smallest absolute Gasteiger partial charge is 0.205 e. The van der Waals surface area contributed by atoms with Gasteiger partial charge in [-0.15, -0.1) is 0 Å². The number of Topliss-reactive ketones (excluding diaryl/α,β-unsaturated/α-hetero) is 1. The fraction of sp³-hybridized carbons (Fsp3) is 0.471. The lowest BCUT2D eigenvalue weighted by Gasteiger charge is -2.30. The zero-order valence-electron chi connectivity index (χ0n) is 13.6. The predicted molar refractivity (Wildman–Crippen MR) is 83.9 cm³/mol. The zero-order chi connectivity index (χ0) is 16.7. The molecule has 0 radical (unpaired) electrons. The Labute approximate surface area is 135 Å². The number of rotatable bonds is 2. The molecule has 0 bridgehead atoms. The number of nitrogens with two attached hydrogens (primary N) is 1. The van der Waals surface area contributed by atoms with Gasteiger partial charge in [-0.05, 0) is 27.2 Å². The van der Waals surface area contributed by atoms with Crippen molar-refractivity contribution in [1.29, 1.82) is 5.26 Å². The van der Waals surface area contributed by atoms with Crippen LogP contribution in [0.15, 0.2) is 29.0 Å². The summed E-state index contributed by atoms with van der Waals surface area (Å²) in [5, 5.41) is 14.0. The molecular weight excluding hydrogens is 292 g/mol. The SMILES string of the molecule is Cc1c([C@H]2C(C#N)=C(N)OC3=C2C(=O)CCC3)cnn1C(C)C. The van der Waals surface area contributed by atoms with E-state index in [1.165, 1.54) is 0 Å². The molecule has 3 rings (SSSR count). The fourth-order valence-corrected chi connectivity index (χ4v) is 3.41. The Balaban J connectivity index is 2.20. The van der Waals surface area contributed by atoms with E-state index in [1.807, 2.05) is 25.5 Å². The molecule has 0 aromatic carbocycles. The highest BCUT2D eigenvalue weighted by molar-refractivity contribution is 5.99. The minimum Gasteiger partial charge on any atom is -0.444 e. The van der Waals surface area contributed by atoms with Gasteiger partial charge in [-0.25, -0.2) is 0 Å². The van der Waals surface area contributed by atoms with Gasteiger partial charge < -0.3 is 10.5 Å². The van der Waals surface area contributed by atoms with E-state index in [0.717, 1.165) is 17.7 Å². The Morgan fingerprint density at radius 3 is 2.83 bits per heavy atom. The van der Waals surface area contributed by atoms with E-state index < -0.39 is 5.92 Å². The lowest BCUT2D eigenvalue weighted by atomic mass is 9.78. The molecule has 120 valence electrons. The van der Waals surface area contributed by atoms with Crippen molar-refractivity contribution >= 4 is 5.78 Å². The molecule has 1 aliphatic heterocycles. The van der Waals surface area contributed by atoms with Crippen molar-refractivity contribution in [3.63, 3.8) is 0 Å². The fourth-order valence-electron chi connectivity index (χ4n) is 3.41. The highest BCUT2D eigenvalue weighted by Gasteiger charge is 2.39. The van der Waals surface area contributed by atoms with E-state index >= 15 is 0 Å². The number of nitriles is 1. The number of ketones is 1. The average Bonchev–Trinajstić information content (AvgIpc) is 2.87. The Kier molecular flexibility index (Phi) is 3.72. The largest absolute Gasteiger partial charge is 0.444 e. The van der Waals surface area contributed by atoms with Crippen LogP contribution in [0.2, 0.25) is 0 Å². The number of nitrogens with zero attached hydrogens (tertiary/aromatic N) is 3. The molecular formula is C17H20N4O2. The minimum absolute atomic E-state index is 0.0354. The van der Waals surface area contributed by atoms with Crippen molar-refractivity contribution in [3.8, 4) is 6.07 Å². The molecule has 1 atom stereocenters. The Hall–Kier alpha value is -2.55. The first-order valence-corrected chi connectivity index (χ1v) is 7.83. The van der Waals surface area contributed by atoms with Crippen LogP contribution < -0.4 is 5.73 Å². The summed E-state index contributed by atoms with van der Waals surface area (Å²) in [4.78, 5) is 12.5. The Morgan fingerprint density at radius 1 is 1.48 bits per heavy atom. The van der Waals surface area contributed by atoms with Crippen LogP contribution in [0.3, 0.4) is 0 Å². The summed E-state index contributed by atoms with van der Waals surface area (Å²) < 4.78 is 7.47. The molecule has 6 nitrogen and oxygen atoms in total. The van der Waals surface area contributed by atoms with Crippen LogP contribution >= 0.6 is 0 Å². The second-order valence-corrected chi connectivity index (χ2v) is 6.26. The number of carbonyl (C=O) groups is 1. The van der Waals surface area contributed by atoms with Crippen molar-refractivity contribution in [2.75, 3.05) is 0 Å². The van der Waals surface area contributed by atoms with Gasteiger partial charge in [0.1, 0.15) is 17.4 Å². The molecule has 2 N–H and O–H groups in total. The van der Waals surface area contributed by atoms with Crippen LogP contribution in [-0.4, -0.2) is 15.6 Å². The van der Waals surface area contributed by atoms with E-state index in [4.69, 9.17) is 10.5 Å².